The van der Waals surface area contributed by atoms with Crippen molar-refractivity contribution in [3.05, 3.63) is 0 Å². The minimum Gasteiger partial charge on any atom is -1.00 e. The van der Waals surface area contributed by atoms with Crippen molar-refractivity contribution in [2.45, 2.75) is 0 Å². The maximum atomic E-state index is 8.74. The zero-order valence-corrected chi connectivity index (χ0v) is 10.4. The predicted molar refractivity (Wildman–Crippen MR) is 33.5 cm³/mol. The Bertz CT molecular complexity index is 120. The van der Waals surface area contributed by atoms with Crippen LogP contribution in [0, 0.1) is 0 Å². The summed E-state index contributed by atoms with van der Waals surface area (Å²) in [6, 6.07) is 0. The Hall–Kier alpha value is -0.496. The second kappa shape index (κ2) is 17.6. The molecule has 13 heavy (non-hydrogen) atoms. The minimum atomic E-state index is -3.13. The Morgan fingerprint density at radius 2 is 0.923 bits per heavy atom. The first-order valence-corrected chi connectivity index (χ1v) is 4.56. The van der Waals surface area contributed by atoms with E-state index in [1.807, 2.05) is 0 Å². The van der Waals surface area contributed by atoms with Gasteiger partial charge in [0.15, 0.2) is 0 Å². The fourth-order valence-corrected chi connectivity index (χ4v) is 0. The molecule has 0 saturated heterocycles. The summed E-state index contributed by atoms with van der Waals surface area (Å²) in [6.45, 7) is 0. The van der Waals surface area contributed by atoms with Gasteiger partial charge in [0.1, 0.15) is 0 Å². The molecule has 0 aromatic rings. The molecule has 6 N–H and O–H groups in total. The van der Waals surface area contributed by atoms with Crippen molar-refractivity contribution < 1.29 is 74.1 Å². The molecule has 0 unspecified atom stereocenters. The average molecular weight is 242 g/mol. The second-order valence-electron chi connectivity index (χ2n) is 0.848. The monoisotopic (exact) mass is 242 g/mol. The molecule has 12 heteroatoms. The maximum Gasteiger partial charge on any atom is 1.00 e. The van der Waals surface area contributed by atoms with Crippen LogP contribution < -0.4 is 29.6 Å². The zero-order valence-electron chi connectivity index (χ0n) is 7.41. The van der Waals surface area contributed by atoms with Gasteiger partial charge >= 0.3 is 54.1 Å². The van der Waals surface area contributed by atoms with Crippen molar-refractivity contribution in [3.63, 3.8) is 0 Å². The first-order valence-electron chi connectivity index (χ1n) is 1.95. The Balaban J connectivity index is -0.0000000270. The van der Waals surface area contributed by atoms with E-state index < -0.39 is 24.5 Å². The summed E-state index contributed by atoms with van der Waals surface area (Å²) in [5.74, 6) is 0. The van der Waals surface area contributed by atoms with Crippen molar-refractivity contribution in [1.82, 2.24) is 0 Å². The Kier molecular flexibility index (Phi) is 30.9. The van der Waals surface area contributed by atoms with Crippen LogP contribution in [0.2, 0.25) is 0 Å². The van der Waals surface area contributed by atoms with Crippen LogP contribution in [0.5, 0.6) is 0 Å². The molecule has 0 radical (unpaired) electrons. The minimum absolute atomic E-state index is 0. The van der Waals surface area contributed by atoms with Crippen LogP contribution in [0.25, 0.3) is 0 Å². The van der Waals surface area contributed by atoms with Gasteiger partial charge in [-0.2, -0.15) is 0 Å². The Morgan fingerprint density at radius 1 is 0.923 bits per heavy atom. The van der Waals surface area contributed by atoms with Crippen molar-refractivity contribution in [2.24, 2.45) is 0 Å². The molecular weight excluding hydrogens is 235 g/mol. The van der Waals surface area contributed by atoms with Crippen LogP contribution in [0.4, 0.5) is 4.79 Å². The molecule has 0 rings (SSSR count). The van der Waals surface area contributed by atoms with Gasteiger partial charge in [0.25, 0.3) is 0 Å². The molecule has 0 aliphatic heterocycles. The van der Waals surface area contributed by atoms with Crippen LogP contribution in [0.15, 0.2) is 0 Å². The summed E-state index contributed by atoms with van der Waals surface area (Å²) >= 11 is 0. The first kappa shape index (κ1) is 22.9. The topological polar surface area (TPSA) is 173 Å². The number of carbonyl (C=O) groups is 1. The van der Waals surface area contributed by atoms with E-state index in [0.717, 1.165) is 0 Å². The van der Waals surface area contributed by atoms with E-state index in [-0.39, 0.29) is 31.0 Å². The molecule has 0 atom stereocenters. The Morgan fingerprint density at radius 3 is 0.923 bits per heavy atom. The summed E-state index contributed by atoms with van der Waals surface area (Å²) in [5, 5.41) is 13.9. The summed E-state index contributed by atoms with van der Waals surface area (Å²) in [6.07, 6.45) is -1.83. The third kappa shape index (κ3) is 4220. The standard InChI is InChI=1S/CH2O3.Na.2H2O3Si.H/c2-1(3)4;;2*1-4(2)3;/h(H2,2,3,4);;2*1-2H;/q;+1;;;-1. The molecule has 0 aliphatic rings. The number of hydrogen-bond acceptors (Lipinski definition) is 3. The van der Waals surface area contributed by atoms with E-state index in [1.54, 1.807) is 0 Å². The predicted octanol–water partition coefficient (Wildman–Crippen LogP) is -5.89. The van der Waals surface area contributed by atoms with Gasteiger partial charge in [0.2, 0.25) is 0 Å². The normalized spacial score (nSPS) is 5.54. The molecule has 74 valence electrons. The van der Waals surface area contributed by atoms with Crippen molar-refractivity contribution in [2.75, 3.05) is 0 Å². The average Bonchev–Trinajstić information content (AvgIpc) is 1.54. The number of rotatable bonds is 0. The van der Waals surface area contributed by atoms with Gasteiger partial charge < -0.3 is 30.8 Å². The van der Waals surface area contributed by atoms with Crippen LogP contribution in [-0.2, 0) is 8.92 Å². The summed E-state index contributed by atoms with van der Waals surface area (Å²) in [4.78, 5) is 37.2. The summed E-state index contributed by atoms with van der Waals surface area (Å²) < 4.78 is 17.5. The molecule has 0 aromatic heterocycles. The molecule has 0 heterocycles. The fraction of sp³-hybridized carbons (Fsp3) is 0. The largest absolute Gasteiger partial charge is 1.00 e. The van der Waals surface area contributed by atoms with Gasteiger partial charge in [0, 0.05) is 0 Å². The first-order chi connectivity index (χ1) is 5.20. The van der Waals surface area contributed by atoms with Crippen molar-refractivity contribution in [1.29, 1.82) is 0 Å². The van der Waals surface area contributed by atoms with Gasteiger partial charge in [-0.3, -0.25) is 8.92 Å². The third-order valence-corrected chi connectivity index (χ3v) is 0. The van der Waals surface area contributed by atoms with E-state index in [9.17, 15) is 0 Å². The Labute approximate surface area is 98.5 Å². The van der Waals surface area contributed by atoms with Crippen LogP contribution in [0.3, 0.4) is 0 Å². The van der Waals surface area contributed by atoms with E-state index in [0.29, 0.717) is 0 Å². The SMILES string of the molecule is O=C(O)O.O=[Si](O)O.O=[Si](O)O.[H-].[Na+]. The van der Waals surface area contributed by atoms with Gasteiger partial charge in [0.05, 0.1) is 0 Å². The van der Waals surface area contributed by atoms with Gasteiger partial charge in [-0.05, 0) is 0 Å². The van der Waals surface area contributed by atoms with E-state index in [2.05, 4.69) is 0 Å². The summed E-state index contributed by atoms with van der Waals surface area (Å²) in [5.41, 5.74) is 0. The molecule has 0 amide bonds. The van der Waals surface area contributed by atoms with Crippen molar-refractivity contribution in [3.8, 4) is 0 Å². The molecule has 0 saturated carbocycles. The molecule has 0 spiro atoms. The third-order valence-electron chi connectivity index (χ3n) is 0. The van der Waals surface area contributed by atoms with E-state index in [1.165, 1.54) is 0 Å². The maximum absolute atomic E-state index is 8.74. The molecular formula is CH7NaO9Si2. The van der Waals surface area contributed by atoms with Crippen molar-refractivity contribution >= 4 is 24.5 Å². The molecule has 9 nitrogen and oxygen atoms in total. The van der Waals surface area contributed by atoms with Gasteiger partial charge in [-0.1, -0.05) is 0 Å². The van der Waals surface area contributed by atoms with E-state index in [4.69, 9.17) is 43.1 Å². The van der Waals surface area contributed by atoms with Crippen LogP contribution >= 0.6 is 0 Å². The smallest absolute Gasteiger partial charge is 1.00 e. The van der Waals surface area contributed by atoms with Gasteiger partial charge in [-0.15, -0.1) is 0 Å². The molecule has 0 aliphatic carbocycles. The molecule has 0 bridgehead atoms. The molecule has 0 aromatic carbocycles. The fourth-order valence-electron chi connectivity index (χ4n) is 0. The quantitative estimate of drug-likeness (QED) is 0.226. The number of carboxylic acid groups (broad SMARTS) is 2. The molecule has 0 fully saturated rings. The zero-order chi connectivity index (χ0) is 10.7. The second-order valence-corrected chi connectivity index (χ2v) is 1.98. The summed E-state index contributed by atoms with van der Waals surface area (Å²) in [7, 11) is -6.26. The van der Waals surface area contributed by atoms with E-state index >= 15 is 0 Å². The van der Waals surface area contributed by atoms with Crippen LogP contribution in [-0.4, -0.2) is 53.9 Å². The number of hydrogen-bond donors (Lipinski definition) is 6. The van der Waals surface area contributed by atoms with Crippen LogP contribution in [0.1, 0.15) is 1.43 Å². The van der Waals surface area contributed by atoms with Gasteiger partial charge in [-0.25, -0.2) is 4.79 Å².